The molecule has 0 aromatic carbocycles. The highest BCUT2D eigenvalue weighted by Crippen LogP contribution is 2.19. The number of carbonyl (C=O) groups is 1. The van der Waals surface area contributed by atoms with Crippen LogP contribution in [-0.4, -0.2) is 39.1 Å². The lowest BCUT2D eigenvalue weighted by Gasteiger charge is -2.29. The molecule has 1 rings (SSSR count). The van der Waals surface area contributed by atoms with Crippen LogP contribution >= 0.6 is 0 Å². The first-order valence-electron chi connectivity index (χ1n) is 5.60. The van der Waals surface area contributed by atoms with E-state index in [0.29, 0.717) is 12.4 Å². The van der Waals surface area contributed by atoms with Gasteiger partial charge < -0.3 is 10.6 Å². The van der Waals surface area contributed by atoms with Gasteiger partial charge >= 0.3 is 0 Å². The van der Waals surface area contributed by atoms with E-state index in [1.54, 1.807) is 11.9 Å². The van der Waals surface area contributed by atoms with E-state index in [4.69, 9.17) is 5.73 Å². The number of nitrogens with zero attached hydrogens (tertiary/aromatic N) is 3. The van der Waals surface area contributed by atoms with Gasteiger partial charge in [-0.1, -0.05) is 20.8 Å². The average Bonchev–Trinajstić information content (AvgIpc) is 2.60. The summed E-state index contributed by atoms with van der Waals surface area (Å²) in [5.74, 6) is 1.24. The molecule has 17 heavy (non-hydrogen) atoms. The first-order chi connectivity index (χ1) is 7.71. The lowest BCUT2D eigenvalue weighted by atomic mass is 9.86. The number of aromatic amines is 1. The molecule has 0 saturated carbocycles. The van der Waals surface area contributed by atoms with E-state index >= 15 is 0 Å². The Bertz CT molecular complexity index is 393. The zero-order valence-electron chi connectivity index (χ0n) is 11.1. The van der Waals surface area contributed by atoms with E-state index in [1.165, 1.54) is 0 Å². The summed E-state index contributed by atoms with van der Waals surface area (Å²) >= 11 is 0. The molecule has 0 spiro atoms. The molecule has 0 aliphatic heterocycles. The first kappa shape index (κ1) is 13.6. The zero-order chi connectivity index (χ0) is 13.2. The van der Waals surface area contributed by atoms with Gasteiger partial charge in [0, 0.05) is 7.05 Å². The molecule has 0 saturated heterocycles. The fraction of sp³-hybridized carbons (Fsp3) is 0.727. The summed E-state index contributed by atoms with van der Waals surface area (Å²) in [7, 11) is 1.71. The standard InChI is InChI=1S/C11H21N5O/c1-7-13-8(15-14-7)6-16(5)10(17)9(12)11(2,3)4/h9H,6,12H2,1-5H3,(H,13,14,15)/t9-/m0/s1. The second kappa shape index (κ2) is 4.83. The zero-order valence-corrected chi connectivity index (χ0v) is 11.1. The maximum absolute atomic E-state index is 12.0. The van der Waals surface area contributed by atoms with Crippen molar-refractivity contribution in [3.8, 4) is 0 Å². The summed E-state index contributed by atoms with van der Waals surface area (Å²) in [5, 5.41) is 6.73. The van der Waals surface area contributed by atoms with E-state index in [2.05, 4.69) is 15.2 Å². The van der Waals surface area contributed by atoms with Gasteiger partial charge in [0.15, 0.2) is 5.82 Å². The molecule has 0 aliphatic rings. The molecular weight excluding hydrogens is 218 g/mol. The van der Waals surface area contributed by atoms with Crippen LogP contribution in [0.15, 0.2) is 0 Å². The largest absolute Gasteiger partial charge is 0.337 e. The summed E-state index contributed by atoms with van der Waals surface area (Å²) in [5.41, 5.74) is 5.66. The summed E-state index contributed by atoms with van der Waals surface area (Å²) in [4.78, 5) is 17.7. The van der Waals surface area contributed by atoms with E-state index in [9.17, 15) is 4.79 Å². The maximum Gasteiger partial charge on any atom is 0.240 e. The van der Waals surface area contributed by atoms with Crippen LogP contribution in [0.1, 0.15) is 32.4 Å². The third kappa shape index (κ3) is 3.52. The van der Waals surface area contributed by atoms with Gasteiger partial charge in [-0.2, -0.15) is 5.10 Å². The molecule has 6 nitrogen and oxygen atoms in total. The maximum atomic E-state index is 12.0. The van der Waals surface area contributed by atoms with Crippen LogP contribution in [0.4, 0.5) is 0 Å². The molecule has 1 atom stereocenters. The van der Waals surface area contributed by atoms with Crippen molar-refractivity contribution < 1.29 is 4.79 Å². The highest BCUT2D eigenvalue weighted by Gasteiger charge is 2.29. The number of nitrogens with two attached hydrogens (primary N) is 1. The minimum absolute atomic E-state index is 0.0973. The number of rotatable bonds is 3. The number of likely N-dealkylation sites (N-methyl/N-ethyl adjacent to an activating group) is 1. The number of hydrogen-bond acceptors (Lipinski definition) is 4. The van der Waals surface area contributed by atoms with Crippen LogP contribution in [0.5, 0.6) is 0 Å². The second-order valence-electron chi connectivity index (χ2n) is 5.38. The topological polar surface area (TPSA) is 87.9 Å². The van der Waals surface area contributed by atoms with Crippen molar-refractivity contribution in [2.24, 2.45) is 11.1 Å². The van der Waals surface area contributed by atoms with E-state index < -0.39 is 6.04 Å². The van der Waals surface area contributed by atoms with Crippen LogP contribution in [0.2, 0.25) is 0 Å². The molecule has 3 N–H and O–H groups in total. The number of amides is 1. The van der Waals surface area contributed by atoms with Gasteiger partial charge in [-0.3, -0.25) is 9.89 Å². The van der Waals surface area contributed by atoms with Crippen molar-refractivity contribution in [2.45, 2.75) is 40.3 Å². The fourth-order valence-electron chi connectivity index (χ4n) is 1.36. The number of carbonyl (C=O) groups excluding carboxylic acids is 1. The second-order valence-corrected chi connectivity index (χ2v) is 5.38. The summed E-state index contributed by atoms with van der Waals surface area (Å²) in [6.45, 7) is 8.02. The molecule has 96 valence electrons. The molecule has 0 bridgehead atoms. The van der Waals surface area contributed by atoms with E-state index in [1.807, 2.05) is 27.7 Å². The molecule has 1 aromatic rings. The first-order valence-corrected chi connectivity index (χ1v) is 5.60. The van der Waals surface area contributed by atoms with Crippen molar-refractivity contribution in [1.29, 1.82) is 0 Å². The van der Waals surface area contributed by atoms with Crippen molar-refractivity contribution in [3.05, 3.63) is 11.6 Å². The lowest BCUT2D eigenvalue weighted by molar-refractivity contribution is -0.134. The highest BCUT2D eigenvalue weighted by molar-refractivity contribution is 5.82. The highest BCUT2D eigenvalue weighted by atomic mass is 16.2. The molecule has 0 radical (unpaired) electrons. The van der Waals surface area contributed by atoms with E-state index in [-0.39, 0.29) is 11.3 Å². The molecule has 1 heterocycles. The molecule has 0 unspecified atom stereocenters. The Balaban J connectivity index is 2.65. The number of aromatic nitrogens is 3. The third-order valence-corrected chi connectivity index (χ3v) is 2.60. The van der Waals surface area contributed by atoms with Crippen LogP contribution in [0.3, 0.4) is 0 Å². The van der Waals surface area contributed by atoms with Gasteiger partial charge in [-0.05, 0) is 12.3 Å². The molecule has 6 heteroatoms. The molecule has 0 fully saturated rings. The number of H-pyrrole nitrogens is 1. The Labute approximate surface area is 102 Å². The van der Waals surface area contributed by atoms with Crippen molar-refractivity contribution in [2.75, 3.05) is 7.05 Å². The Morgan fingerprint density at radius 2 is 2.12 bits per heavy atom. The van der Waals surface area contributed by atoms with Gasteiger partial charge in [0.25, 0.3) is 0 Å². The van der Waals surface area contributed by atoms with Crippen LogP contribution in [0.25, 0.3) is 0 Å². The minimum Gasteiger partial charge on any atom is -0.337 e. The number of nitrogens with one attached hydrogen (secondary N) is 1. The van der Waals surface area contributed by atoms with Crippen LogP contribution in [0, 0.1) is 12.3 Å². The molecule has 1 aromatic heterocycles. The third-order valence-electron chi connectivity index (χ3n) is 2.60. The van der Waals surface area contributed by atoms with Gasteiger partial charge in [-0.25, -0.2) is 4.98 Å². The van der Waals surface area contributed by atoms with Crippen molar-refractivity contribution >= 4 is 5.91 Å². The van der Waals surface area contributed by atoms with Crippen molar-refractivity contribution in [3.63, 3.8) is 0 Å². The van der Waals surface area contributed by atoms with Crippen LogP contribution in [-0.2, 0) is 11.3 Å². The Morgan fingerprint density at radius 3 is 2.53 bits per heavy atom. The molecular formula is C11H21N5O. The normalized spacial score (nSPS) is 13.5. The Kier molecular flexibility index (Phi) is 3.87. The van der Waals surface area contributed by atoms with Crippen molar-refractivity contribution in [1.82, 2.24) is 20.1 Å². The Morgan fingerprint density at radius 1 is 1.53 bits per heavy atom. The minimum atomic E-state index is -0.521. The quantitative estimate of drug-likeness (QED) is 0.801. The van der Waals surface area contributed by atoms with Gasteiger partial charge in [-0.15, -0.1) is 0 Å². The summed E-state index contributed by atoms with van der Waals surface area (Å²) < 4.78 is 0. The fourth-order valence-corrected chi connectivity index (χ4v) is 1.36. The predicted octanol–water partition coefficient (Wildman–Crippen LogP) is 0.445. The number of hydrogen-bond donors (Lipinski definition) is 2. The SMILES string of the molecule is Cc1nc(CN(C)C(=O)[C@H](N)C(C)(C)C)n[nH]1. The van der Waals surface area contributed by atoms with Crippen LogP contribution < -0.4 is 5.73 Å². The predicted molar refractivity (Wildman–Crippen MR) is 65.0 cm³/mol. The summed E-state index contributed by atoms with van der Waals surface area (Å²) in [6, 6.07) is -0.521. The van der Waals surface area contributed by atoms with Gasteiger partial charge in [0.2, 0.25) is 5.91 Å². The van der Waals surface area contributed by atoms with Gasteiger partial charge in [0.05, 0.1) is 12.6 Å². The monoisotopic (exact) mass is 239 g/mol. The smallest absolute Gasteiger partial charge is 0.240 e. The Hall–Kier alpha value is -1.43. The summed E-state index contributed by atoms with van der Waals surface area (Å²) in [6.07, 6.45) is 0. The van der Waals surface area contributed by atoms with E-state index in [0.717, 1.165) is 5.82 Å². The number of aryl methyl sites for hydroxylation is 1. The molecule has 0 aliphatic carbocycles. The average molecular weight is 239 g/mol. The lowest BCUT2D eigenvalue weighted by Crippen LogP contribution is -2.49. The molecule has 1 amide bonds. The van der Waals surface area contributed by atoms with Gasteiger partial charge in [0.1, 0.15) is 5.82 Å².